The van der Waals surface area contributed by atoms with E-state index in [1.54, 1.807) is 12.1 Å². The summed E-state index contributed by atoms with van der Waals surface area (Å²) in [6, 6.07) is 13.6. The van der Waals surface area contributed by atoms with Crippen molar-refractivity contribution in [1.29, 1.82) is 0 Å². The minimum atomic E-state index is -0.287. The monoisotopic (exact) mass is 313 g/mol. The smallest absolute Gasteiger partial charge is 0.232 e. The lowest BCUT2D eigenvalue weighted by Crippen LogP contribution is -2.23. The average molecular weight is 313 g/mol. The number of halogens is 1. The van der Waals surface area contributed by atoms with Crippen molar-refractivity contribution in [2.75, 3.05) is 11.9 Å². The molecule has 2 aromatic rings. The number of amides is 1. The van der Waals surface area contributed by atoms with Gasteiger partial charge in [0.05, 0.1) is 18.2 Å². The molecule has 0 heterocycles. The number of carbonyl (C=O) groups is 1. The molecule has 3 rings (SSSR count). The molecule has 1 unspecified atom stereocenters. The van der Waals surface area contributed by atoms with Crippen molar-refractivity contribution in [2.24, 2.45) is 5.92 Å². The van der Waals surface area contributed by atoms with Gasteiger partial charge >= 0.3 is 0 Å². The van der Waals surface area contributed by atoms with Crippen molar-refractivity contribution in [3.63, 3.8) is 0 Å². The molecule has 1 saturated carbocycles. The molecule has 0 aromatic heterocycles. The van der Waals surface area contributed by atoms with Crippen LogP contribution in [-0.2, 0) is 4.79 Å². The predicted octanol–water partition coefficient (Wildman–Crippen LogP) is 4.36. The van der Waals surface area contributed by atoms with Crippen molar-refractivity contribution in [2.45, 2.75) is 25.7 Å². The molecule has 1 aliphatic carbocycles. The molecular weight excluding hydrogens is 293 g/mol. The Morgan fingerprint density at radius 2 is 1.91 bits per heavy atom. The van der Waals surface area contributed by atoms with Gasteiger partial charge in [0.15, 0.2) is 0 Å². The fraction of sp³-hybridized carbons (Fsp3) is 0.316. The van der Waals surface area contributed by atoms with Gasteiger partial charge in [0.25, 0.3) is 0 Å². The number of para-hydroxylation sites is 2. The van der Waals surface area contributed by atoms with Crippen molar-refractivity contribution in [1.82, 2.24) is 0 Å². The van der Waals surface area contributed by atoms with Gasteiger partial charge in [-0.3, -0.25) is 4.79 Å². The van der Waals surface area contributed by atoms with Crippen molar-refractivity contribution >= 4 is 11.6 Å². The van der Waals surface area contributed by atoms with E-state index in [1.165, 1.54) is 12.1 Å². The van der Waals surface area contributed by atoms with Gasteiger partial charge in [0, 0.05) is 0 Å². The second kappa shape index (κ2) is 6.82. The quantitative estimate of drug-likeness (QED) is 0.860. The van der Waals surface area contributed by atoms with Crippen LogP contribution < -0.4 is 10.1 Å². The number of carbonyl (C=O) groups excluding carboxylic acids is 1. The molecule has 2 aromatic carbocycles. The van der Waals surface area contributed by atoms with Gasteiger partial charge in [0.1, 0.15) is 11.6 Å². The molecular formula is C19H20FNO2. The van der Waals surface area contributed by atoms with E-state index in [4.69, 9.17) is 4.74 Å². The zero-order chi connectivity index (χ0) is 16.2. The van der Waals surface area contributed by atoms with Crippen LogP contribution >= 0.6 is 0 Å². The normalized spacial score (nSPS) is 15.0. The minimum absolute atomic E-state index is 0.0636. The van der Waals surface area contributed by atoms with Crippen LogP contribution in [0, 0.1) is 11.7 Å². The summed E-state index contributed by atoms with van der Waals surface area (Å²) >= 11 is 0. The Morgan fingerprint density at radius 1 is 1.22 bits per heavy atom. The van der Waals surface area contributed by atoms with E-state index in [9.17, 15) is 9.18 Å². The maximum Gasteiger partial charge on any atom is 0.232 e. The first-order chi connectivity index (χ1) is 11.2. The molecule has 4 heteroatoms. The molecule has 1 aliphatic rings. The SMILES string of the molecule is CCOc1ccccc1NC(=O)C(c1ccc(F)cc1)C1CC1. The van der Waals surface area contributed by atoms with Crippen molar-refractivity contribution < 1.29 is 13.9 Å². The van der Waals surface area contributed by atoms with Crippen LogP contribution in [0.3, 0.4) is 0 Å². The van der Waals surface area contributed by atoms with Gasteiger partial charge in [-0.2, -0.15) is 0 Å². The Morgan fingerprint density at radius 3 is 2.57 bits per heavy atom. The summed E-state index contributed by atoms with van der Waals surface area (Å²) in [6.07, 6.45) is 2.06. The highest BCUT2D eigenvalue weighted by atomic mass is 19.1. The maximum atomic E-state index is 13.1. The molecule has 3 nitrogen and oxygen atoms in total. The molecule has 1 N–H and O–H groups in total. The Labute approximate surface area is 135 Å². The number of hydrogen-bond acceptors (Lipinski definition) is 2. The summed E-state index contributed by atoms with van der Waals surface area (Å²) in [4.78, 5) is 12.8. The van der Waals surface area contributed by atoms with Gasteiger partial charge in [-0.05, 0) is 55.5 Å². The number of rotatable bonds is 6. The third-order valence-corrected chi connectivity index (χ3v) is 4.05. The second-order valence-corrected chi connectivity index (χ2v) is 5.79. The van der Waals surface area contributed by atoms with Crippen LogP contribution in [0.25, 0.3) is 0 Å². The van der Waals surface area contributed by atoms with Gasteiger partial charge < -0.3 is 10.1 Å². The molecule has 1 fully saturated rings. The third kappa shape index (κ3) is 3.70. The van der Waals surface area contributed by atoms with Crippen molar-refractivity contribution in [3.05, 3.63) is 59.9 Å². The lowest BCUT2D eigenvalue weighted by Gasteiger charge is -2.18. The maximum absolute atomic E-state index is 13.1. The predicted molar refractivity (Wildman–Crippen MR) is 88.1 cm³/mol. The number of anilines is 1. The largest absolute Gasteiger partial charge is 0.492 e. The Hall–Kier alpha value is -2.36. The van der Waals surface area contributed by atoms with E-state index < -0.39 is 0 Å². The van der Waals surface area contributed by atoms with Crippen LogP contribution in [-0.4, -0.2) is 12.5 Å². The van der Waals surface area contributed by atoms with Crippen LogP contribution in [0.4, 0.5) is 10.1 Å². The zero-order valence-electron chi connectivity index (χ0n) is 13.1. The van der Waals surface area contributed by atoms with E-state index in [1.807, 2.05) is 31.2 Å². The first-order valence-electron chi connectivity index (χ1n) is 7.97. The summed E-state index contributed by atoms with van der Waals surface area (Å²) < 4.78 is 18.7. The summed E-state index contributed by atoms with van der Waals surface area (Å²) in [5, 5.41) is 2.97. The van der Waals surface area contributed by atoms with Crippen LogP contribution in [0.15, 0.2) is 48.5 Å². The second-order valence-electron chi connectivity index (χ2n) is 5.79. The van der Waals surface area contributed by atoms with Crippen LogP contribution in [0.5, 0.6) is 5.75 Å². The lowest BCUT2D eigenvalue weighted by molar-refractivity contribution is -0.118. The van der Waals surface area contributed by atoms with Gasteiger partial charge in [0.2, 0.25) is 5.91 Å². The summed E-state index contributed by atoms with van der Waals surface area (Å²) in [5.74, 6) is 0.402. The summed E-state index contributed by atoms with van der Waals surface area (Å²) in [6.45, 7) is 2.45. The molecule has 23 heavy (non-hydrogen) atoms. The Bertz CT molecular complexity index is 680. The first-order valence-corrected chi connectivity index (χ1v) is 7.97. The Balaban J connectivity index is 1.81. The molecule has 1 atom stereocenters. The third-order valence-electron chi connectivity index (χ3n) is 4.05. The first kappa shape index (κ1) is 15.5. The topological polar surface area (TPSA) is 38.3 Å². The van der Waals surface area contributed by atoms with Crippen molar-refractivity contribution in [3.8, 4) is 5.75 Å². The lowest BCUT2D eigenvalue weighted by atomic mass is 9.93. The Kier molecular flexibility index (Phi) is 4.60. The van der Waals surface area contributed by atoms with E-state index in [2.05, 4.69) is 5.32 Å². The molecule has 0 radical (unpaired) electrons. The molecule has 0 saturated heterocycles. The van der Waals surface area contributed by atoms with Crippen LogP contribution in [0.1, 0.15) is 31.2 Å². The van der Waals surface area contributed by atoms with Gasteiger partial charge in [-0.1, -0.05) is 24.3 Å². The van der Waals surface area contributed by atoms with E-state index in [0.717, 1.165) is 18.4 Å². The molecule has 1 amide bonds. The zero-order valence-corrected chi connectivity index (χ0v) is 13.1. The van der Waals surface area contributed by atoms with Gasteiger partial charge in [-0.25, -0.2) is 4.39 Å². The highest BCUT2D eigenvalue weighted by molar-refractivity contribution is 5.97. The highest BCUT2D eigenvalue weighted by Gasteiger charge is 2.37. The van der Waals surface area contributed by atoms with E-state index >= 15 is 0 Å². The molecule has 0 aliphatic heterocycles. The minimum Gasteiger partial charge on any atom is -0.492 e. The fourth-order valence-corrected chi connectivity index (χ4v) is 2.80. The molecule has 0 spiro atoms. The number of nitrogens with one attached hydrogen (secondary N) is 1. The number of benzene rings is 2. The molecule has 0 bridgehead atoms. The van der Waals surface area contributed by atoms with Crippen LogP contribution in [0.2, 0.25) is 0 Å². The van der Waals surface area contributed by atoms with E-state index in [0.29, 0.717) is 24.0 Å². The molecule has 120 valence electrons. The van der Waals surface area contributed by atoms with E-state index in [-0.39, 0.29) is 17.6 Å². The summed E-state index contributed by atoms with van der Waals surface area (Å²) in [7, 11) is 0. The number of ether oxygens (including phenoxy) is 1. The summed E-state index contributed by atoms with van der Waals surface area (Å²) in [5.41, 5.74) is 1.53. The average Bonchev–Trinajstić information content (AvgIpc) is 3.36. The fourth-order valence-electron chi connectivity index (χ4n) is 2.80. The van der Waals surface area contributed by atoms with Gasteiger partial charge in [-0.15, -0.1) is 0 Å². The number of hydrogen-bond donors (Lipinski definition) is 1. The highest BCUT2D eigenvalue weighted by Crippen LogP contribution is 2.43. The standard InChI is InChI=1S/C19H20FNO2/c1-2-23-17-6-4-3-5-16(17)21-19(22)18(13-7-8-13)14-9-11-15(20)12-10-14/h3-6,9-13,18H,2,7-8H2,1H3,(H,21,22).